The van der Waals surface area contributed by atoms with Crippen LogP contribution in [0.5, 0.6) is 0 Å². The molecule has 0 spiro atoms. The van der Waals surface area contributed by atoms with Crippen molar-refractivity contribution in [3.63, 3.8) is 0 Å². The summed E-state index contributed by atoms with van der Waals surface area (Å²) in [5, 5.41) is 3.73. The molecule has 0 aromatic rings. The molecule has 1 N–H and O–H groups in total. The summed E-state index contributed by atoms with van der Waals surface area (Å²) in [6.45, 7) is 13.2. The third-order valence-corrected chi connectivity index (χ3v) is 5.08. The predicted molar refractivity (Wildman–Crippen MR) is 78.9 cm³/mol. The van der Waals surface area contributed by atoms with Crippen LogP contribution in [0, 0.1) is 11.3 Å². The molecule has 0 bridgehead atoms. The fraction of sp³-hybridized carbons (Fsp3) is 1.00. The zero-order chi connectivity index (χ0) is 13.2. The van der Waals surface area contributed by atoms with E-state index in [-0.39, 0.29) is 0 Å². The Morgan fingerprint density at radius 3 is 2.50 bits per heavy atom. The van der Waals surface area contributed by atoms with Crippen LogP contribution >= 0.6 is 0 Å². The summed E-state index contributed by atoms with van der Waals surface area (Å²) in [6, 6.07) is 1.47. The lowest BCUT2D eigenvalue weighted by Gasteiger charge is -2.44. The topological polar surface area (TPSA) is 15.3 Å². The van der Waals surface area contributed by atoms with Crippen molar-refractivity contribution in [3.05, 3.63) is 0 Å². The Kier molecular flexibility index (Phi) is 4.71. The molecule has 0 amide bonds. The minimum Gasteiger partial charge on any atom is -0.311 e. The number of nitrogens with zero attached hydrogens (tertiary/aromatic N) is 1. The van der Waals surface area contributed by atoms with Crippen molar-refractivity contribution in [1.82, 2.24) is 10.2 Å². The van der Waals surface area contributed by atoms with Crippen molar-refractivity contribution in [1.29, 1.82) is 0 Å². The van der Waals surface area contributed by atoms with Gasteiger partial charge in [0.1, 0.15) is 0 Å². The molecule has 2 fully saturated rings. The van der Waals surface area contributed by atoms with Crippen LogP contribution in [0.2, 0.25) is 0 Å². The quantitative estimate of drug-likeness (QED) is 0.780. The first-order valence-electron chi connectivity index (χ1n) is 8.07. The van der Waals surface area contributed by atoms with Crippen molar-refractivity contribution < 1.29 is 0 Å². The fourth-order valence-electron chi connectivity index (χ4n) is 3.64. The van der Waals surface area contributed by atoms with Gasteiger partial charge >= 0.3 is 0 Å². The minimum absolute atomic E-state index is 0.706. The highest BCUT2D eigenvalue weighted by Crippen LogP contribution is 2.50. The normalized spacial score (nSPS) is 31.8. The Morgan fingerprint density at radius 1 is 1.28 bits per heavy atom. The van der Waals surface area contributed by atoms with Gasteiger partial charge in [0.2, 0.25) is 0 Å². The van der Waals surface area contributed by atoms with Crippen molar-refractivity contribution in [2.75, 3.05) is 19.6 Å². The maximum atomic E-state index is 3.73. The molecule has 2 heteroatoms. The van der Waals surface area contributed by atoms with E-state index in [9.17, 15) is 0 Å². The molecular formula is C16H32N2. The Morgan fingerprint density at radius 2 is 2.00 bits per heavy atom. The van der Waals surface area contributed by atoms with E-state index in [4.69, 9.17) is 0 Å². The van der Waals surface area contributed by atoms with Gasteiger partial charge in [-0.05, 0) is 37.0 Å². The number of hydrogen-bond acceptors (Lipinski definition) is 2. The molecule has 0 aromatic carbocycles. The van der Waals surface area contributed by atoms with Crippen LogP contribution in [-0.4, -0.2) is 36.6 Å². The summed E-state index contributed by atoms with van der Waals surface area (Å²) in [4.78, 5) is 2.82. The molecule has 1 saturated carbocycles. The average Bonchev–Trinajstić information content (AvgIpc) is 3.08. The van der Waals surface area contributed by atoms with Gasteiger partial charge in [-0.1, -0.05) is 34.1 Å². The molecular weight excluding hydrogens is 220 g/mol. The van der Waals surface area contributed by atoms with Crippen LogP contribution in [-0.2, 0) is 0 Å². The van der Waals surface area contributed by atoms with Gasteiger partial charge in [-0.25, -0.2) is 0 Å². The van der Waals surface area contributed by atoms with Crippen LogP contribution in [0.4, 0.5) is 0 Å². The number of rotatable bonds is 6. The lowest BCUT2D eigenvalue weighted by Crippen LogP contribution is -2.59. The second-order valence-corrected chi connectivity index (χ2v) is 7.00. The van der Waals surface area contributed by atoms with Gasteiger partial charge in [-0.15, -0.1) is 0 Å². The summed E-state index contributed by atoms with van der Waals surface area (Å²) < 4.78 is 0. The predicted octanol–water partition coefficient (Wildman–Crippen LogP) is 3.28. The molecule has 1 aliphatic heterocycles. The number of piperazine rings is 1. The molecule has 0 radical (unpaired) electrons. The highest BCUT2D eigenvalue weighted by Gasteiger charge is 2.44. The van der Waals surface area contributed by atoms with Crippen LogP contribution < -0.4 is 5.32 Å². The number of hydrogen-bond donors (Lipinski definition) is 1. The van der Waals surface area contributed by atoms with Crippen LogP contribution in [0.3, 0.4) is 0 Å². The third kappa shape index (κ3) is 3.27. The molecule has 2 atom stereocenters. The minimum atomic E-state index is 0.706. The van der Waals surface area contributed by atoms with E-state index in [0.717, 1.165) is 18.0 Å². The molecule has 1 saturated heterocycles. The zero-order valence-corrected chi connectivity index (χ0v) is 12.8. The van der Waals surface area contributed by atoms with Crippen LogP contribution in [0.15, 0.2) is 0 Å². The maximum Gasteiger partial charge on any atom is 0.0244 e. The second kappa shape index (κ2) is 5.92. The lowest BCUT2D eigenvalue weighted by molar-refractivity contribution is 0.0733. The molecule has 18 heavy (non-hydrogen) atoms. The molecule has 2 unspecified atom stereocenters. The Balaban J connectivity index is 1.96. The van der Waals surface area contributed by atoms with E-state index in [1.54, 1.807) is 0 Å². The summed E-state index contributed by atoms with van der Waals surface area (Å²) in [7, 11) is 0. The second-order valence-electron chi connectivity index (χ2n) is 7.00. The van der Waals surface area contributed by atoms with E-state index in [1.165, 1.54) is 51.7 Å². The molecule has 1 heterocycles. The smallest absolute Gasteiger partial charge is 0.0244 e. The maximum absolute atomic E-state index is 3.73. The van der Waals surface area contributed by atoms with Gasteiger partial charge in [0.05, 0.1) is 0 Å². The highest BCUT2D eigenvalue weighted by molar-refractivity contribution is 4.98. The first-order valence-corrected chi connectivity index (χ1v) is 8.07. The van der Waals surface area contributed by atoms with Crippen molar-refractivity contribution >= 4 is 0 Å². The zero-order valence-electron chi connectivity index (χ0n) is 12.8. The van der Waals surface area contributed by atoms with Crippen molar-refractivity contribution in [2.45, 2.75) is 71.9 Å². The Bertz CT molecular complexity index is 258. The van der Waals surface area contributed by atoms with Gasteiger partial charge < -0.3 is 5.32 Å². The van der Waals surface area contributed by atoms with E-state index in [0.29, 0.717) is 5.41 Å². The molecule has 1 aliphatic carbocycles. The van der Waals surface area contributed by atoms with Gasteiger partial charge in [0, 0.05) is 31.7 Å². The highest BCUT2D eigenvalue weighted by atomic mass is 15.2. The van der Waals surface area contributed by atoms with Crippen LogP contribution in [0.1, 0.15) is 59.8 Å². The van der Waals surface area contributed by atoms with Gasteiger partial charge in [0.15, 0.2) is 0 Å². The van der Waals surface area contributed by atoms with Gasteiger partial charge in [0.25, 0.3) is 0 Å². The van der Waals surface area contributed by atoms with E-state index < -0.39 is 0 Å². The molecule has 2 aliphatic rings. The third-order valence-electron chi connectivity index (χ3n) is 5.08. The molecule has 106 valence electrons. The first-order chi connectivity index (χ1) is 8.60. The number of nitrogens with one attached hydrogen (secondary N) is 1. The van der Waals surface area contributed by atoms with E-state index in [1.807, 2.05) is 0 Å². The van der Waals surface area contributed by atoms with Crippen LogP contribution in [0.25, 0.3) is 0 Å². The lowest BCUT2D eigenvalue weighted by atomic mass is 9.93. The molecule has 2 nitrogen and oxygen atoms in total. The summed E-state index contributed by atoms with van der Waals surface area (Å²) in [6.07, 6.45) is 7.02. The fourth-order valence-corrected chi connectivity index (χ4v) is 3.64. The molecule has 2 rings (SSSR count). The monoisotopic (exact) mass is 252 g/mol. The summed E-state index contributed by atoms with van der Waals surface area (Å²) in [5.41, 5.74) is 0.706. The summed E-state index contributed by atoms with van der Waals surface area (Å²) in [5.74, 6) is 0.771. The Hall–Kier alpha value is -0.0800. The average molecular weight is 252 g/mol. The standard InChI is InChI=1S/C16H32N2/c1-5-7-16(8-9-16)12-18-11-14(6-2)17-10-15(18)13(3)4/h13-15,17H,5-12H2,1-4H3. The van der Waals surface area contributed by atoms with Crippen molar-refractivity contribution in [3.8, 4) is 0 Å². The van der Waals surface area contributed by atoms with Gasteiger partial charge in [-0.2, -0.15) is 0 Å². The largest absolute Gasteiger partial charge is 0.311 e. The van der Waals surface area contributed by atoms with E-state index >= 15 is 0 Å². The van der Waals surface area contributed by atoms with Crippen molar-refractivity contribution in [2.24, 2.45) is 11.3 Å². The summed E-state index contributed by atoms with van der Waals surface area (Å²) >= 11 is 0. The Labute approximate surface area is 114 Å². The SMILES string of the molecule is CCCC1(CN2CC(CC)NCC2C(C)C)CC1. The van der Waals surface area contributed by atoms with Gasteiger partial charge in [-0.3, -0.25) is 4.90 Å². The first kappa shape index (κ1) is 14.3. The molecule has 0 aromatic heterocycles. The van der Waals surface area contributed by atoms with E-state index in [2.05, 4.69) is 37.9 Å².